The van der Waals surface area contributed by atoms with E-state index in [1.165, 1.54) is 205 Å². The molecule has 430 valence electrons. The third-order valence-corrected chi connectivity index (χ3v) is 19.3. The second kappa shape index (κ2) is 47.3. The van der Waals surface area contributed by atoms with Gasteiger partial charge in [-0.05, 0) is 55.2 Å². The highest BCUT2D eigenvalue weighted by Gasteiger charge is 2.37. The van der Waals surface area contributed by atoms with Gasteiger partial charge in [0.05, 0.1) is 62.9 Å². The molecule has 0 aliphatic rings. The number of halogens is 2. The van der Waals surface area contributed by atoms with Gasteiger partial charge in [-0.1, -0.05) is 239 Å². The van der Waals surface area contributed by atoms with Gasteiger partial charge in [-0.15, -0.1) is 0 Å². The Labute approximate surface area is 459 Å². The van der Waals surface area contributed by atoms with E-state index in [9.17, 15) is 13.9 Å². The predicted octanol–water partition coefficient (Wildman–Crippen LogP) is 18.7. The van der Waals surface area contributed by atoms with Gasteiger partial charge in [-0.25, -0.2) is 8.78 Å². The highest BCUT2D eigenvalue weighted by molar-refractivity contribution is 6.74. The van der Waals surface area contributed by atoms with E-state index >= 15 is 0 Å². The van der Waals surface area contributed by atoms with Crippen LogP contribution in [0.15, 0.2) is 36.4 Å². The molecule has 0 unspecified atom stereocenters. The van der Waals surface area contributed by atoms with Crippen molar-refractivity contribution in [2.75, 3.05) is 39.6 Å². The molecule has 2 rings (SSSR count). The van der Waals surface area contributed by atoms with Gasteiger partial charge in [-0.2, -0.15) is 10.5 Å². The SMILES string of the molecule is CCCCCCCCCCCCCCCCCCOC[C@H](CO)OCc1ccc(C#N)cc1F.CCCCCCCCCCCCCCCCCCOC[C@H](CO[Si](C)(C)C(C)(C)C)OCc1ccc(C#N)cc1F. The van der Waals surface area contributed by atoms with Crippen LogP contribution in [0.1, 0.15) is 262 Å². The van der Waals surface area contributed by atoms with Crippen LogP contribution in [0.5, 0.6) is 0 Å². The summed E-state index contributed by atoms with van der Waals surface area (Å²) in [4.78, 5) is 0. The Bertz CT molecular complexity index is 1730. The first-order valence-corrected chi connectivity index (χ1v) is 33.2. The number of aliphatic hydroxyl groups is 1. The topological polar surface area (TPSA) is 114 Å². The van der Waals surface area contributed by atoms with Crippen LogP contribution in [0, 0.1) is 34.3 Å². The Kier molecular flexibility index (Phi) is 44.3. The summed E-state index contributed by atoms with van der Waals surface area (Å²) >= 11 is 0. The summed E-state index contributed by atoms with van der Waals surface area (Å²) in [6.45, 7) is 18.2. The Balaban J connectivity index is 0.000000763. The van der Waals surface area contributed by atoms with E-state index in [1.807, 2.05) is 12.1 Å². The number of benzene rings is 2. The molecule has 0 radical (unpaired) electrons. The summed E-state index contributed by atoms with van der Waals surface area (Å²) in [6.07, 6.45) is 42.4. The quantitative estimate of drug-likeness (QED) is 0.0515. The van der Waals surface area contributed by atoms with Crippen molar-refractivity contribution >= 4 is 8.32 Å². The van der Waals surface area contributed by atoms with Crippen LogP contribution >= 0.6 is 0 Å². The molecule has 2 aromatic carbocycles. The Morgan fingerprint density at radius 2 is 0.787 bits per heavy atom. The van der Waals surface area contributed by atoms with Crippen LogP contribution in [-0.2, 0) is 36.6 Å². The molecular formula is C64H110F2N2O6Si. The number of hydrogen-bond donors (Lipinski definition) is 1. The minimum absolute atomic E-state index is 0.0468. The van der Waals surface area contributed by atoms with Crippen LogP contribution < -0.4 is 0 Å². The molecule has 0 bridgehead atoms. The van der Waals surface area contributed by atoms with E-state index in [2.05, 4.69) is 47.7 Å². The van der Waals surface area contributed by atoms with Crippen LogP contribution in [0.2, 0.25) is 18.1 Å². The maximum Gasteiger partial charge on any atom is 0.192 e. The number of hydrogen-bond acceptors (Lipinski definition) is 8. The second-order valence-corrected chi connectivity index (χ2v) is 27.5. The molecule has 0 fully saturated rings. The summed E-state index contributed by atoms with van der Waals surface area (Å²) in [5, 5.41) is 27.3. The highest BCUT2D eigenvalue weighted by atomic mass is 28.4. The second-order valence-electron chi connectivity index (χ2n) is 22.7. The van der Waals surface area contributed by atoms with E-state index < -0.39 is 26.1 Å². The average Bonchev–Trinajstić information content (AvgIpc) is 3.39. The zero-order chi connectivity index (χ0) is 55.1. The van der Waals surface area contributed by atoms with E-state index in [1.54, 1.807) is 24.3 Å². The first-order valence-electron chi connectivity index (χ1n) is 30.3. The Hall–Kier alpha value is -2.74. The lowest BCUT2D eigenvalue weighted by Crippen LogP contribution is -2.43. The normalized spacial score (nSPS) is 12.5. The van der Waals surface area contributed by atoms with Gasteiger partial charge in [0.2, 0.25) is 0 Å². The Morgan fingerprint density at radius 1 is 0.480 bits per heavy atom. The molecule has 0 spiro atoms. The summed E-state index contributed by atoms with van der Waals surface area (Å²) in [5.74, 6) is -0.882. The number of unbranched alkanes of at least 4 members (excludes halogenated alkanes) is 30. The van der Waals surface area contributed by atoms with Gasteiger partial charge in [0.15, 0.2) is 8.32 Å². The van der Waals surface area contributed by atoms with Gasteiger partial charge < -0.3 is 28.5 Å². The van der Waals surface area contributed by atoms with E-state index in [0.29, 0.717) is 49.7 Å². The molecule has 0 heterocycles. The lowest BCUT2D eigenvalue weighted by Gasteiger charge is -2.37. The minimum Gasteiger partial charge on any atom is -0.414 e. The molecule has 0 amide bonds. The maximum atomic E-state index is 14.4. The van der Waals surface area contributed by atoms with Crippen molar-refractivity contribution in [2.45, 2.75) is 284 Å². The molecule has 0 saturated carbocycles. The van der Waals surface area contributed by atoms with Crippen LogP contribution in [0.25, 0.3) is 0 Å². The molecule has 75 heavy (non-hydrogen) atoms. The van der Waals surface area contributed by atoms with Crippen molar-refractivity contribution in [3.63, 3.8) is 0 Å². The monoisotopic (exact) mass is 1070 g/mol. The molecule has 11 heteroatoms. The predicted molar refractivity (Wildman–Crippen MR) is 310 cm³/mol. The number of nitriles is 2. The molecule has 0 saturated heterocycles. The van der Waals surface area contributed by atoms with Crippen LogP contribution in [0.4, 0.5) is 8.78 Å². The number of ether oxygens (including phenoxy) is 4. The summed E-state index contributed by atoms with van der Waals surface area (Å²) < 4.78 is 57.9. The largest absolute Gasteiger partial charge is 0.414 e. The highest BCUT2D eigenvalue weighted by Crippen LogP contribution is 2.36. The molecular weight excluding hydrogens is 959 g/mol. The van der Waals surface area contributed by atoms with Crippen molar-refractivity contribution in [3.05, 3.63) is 70.3 Å². The molecule has 0 aliphatic carbocycles. The summed E-state index contributed by atoms with van der Waals surface area (Å²) in [5.41, 5.74) is 1.41. The fourth-order valence-corrected chi connectivity index (χ4v) is 9.67. The van der Waals surface area contributed by atoms with Crippen LogP contribution in [0.3, 0.4) is 0 Å². The molecule has 2 aromatic rings. The number of aliphatic hydroxyl groups excluding tert-OH is 1. The summed E-state index contributed by atoms with van der Waals surface area (Å²) in [6, 6.07) is 12.7. The number of rotatable bonds is 48. The zero-order valence-corrected chi connectivity index (χ0v) is 50.0. The molecule has 1 N–H and O–H groups in total. The standard InChI is InChI=1S/C35H62FNO3Si.C29H48FNO3/c1-7-8-9-10-11-12-13-14-15-16-17-18-19-20-21-22-25-38-29-33(30-40-41(5,6)35(2,3)4)39-28-32-24-23-31(27-37)26-34(32)36;1-2-3-4-5-6-7-8-9-10-11-12-13-14-15-16-17-20-33-25-28(23-32)34-24-27-19-18-26(22-31)21-29(27)30/h23-24,26,33H,7-22,25,28-30H2,1-6H3;18-19,21,28,32H,2-17,20,23-25H2,1H3/t33-;28-/m10/s1. The molecule has 0 aliphatic heterocycles. The molecule has 2 atom stereocenters. The third kappa shape index (κ3) is 38.5. The van der Waals surface area contributed by atoms with E-state index in [4.69, 9.17) is 33.9 Å². The smallest absolute Gasteiger partial charge is 0.192 e. The fourth-order valence-electron chi connectivity index (χ4n) is 8.63. The molecule has 0 aromatic heterocycles. The van der Waals surface area contributed by atoms with Gasteiger partial charge in [0.1, 0.15) is 23.8 Å². The van der Waals surface area contributed by atoms with E-state index in [-0.39, 0.29) is 36.5 Å². The van der Waals surface area contributed by atoms with Crippen molar-refractivity contribution in [3.8, 4) is 12.1 Å². The van der Waals surface area contributed by atoms with Gasteiger partial charge in [0, 0.05) is 24.3 Å². The lowest BCUT2D eigenvalue weighted by molar-refractivity contribution is -0.0509. The molecule has 8 nitrogen and oxygen atoms in total. The van der Waals surface area contributed by atoms with Crippen molar-refractivity contribution in [1.29, 1.82) is 10.5 Å². The van der Waals surface area contributed by atoms with Crippen molar-refractivity contribution in [2.24, 2.45) is 0 Å². The van der Waals surface area contributed by atoms with Gasteiger partial charge >= 0.3 is 0 Å². The zero-order valence-electron chi connectivity index (χ0n) is 49.0. The van der Waals surface area contributed by atoms with Gasteiger partial charge in [0.25, 0.3) is 0 Å². The van der Waals surface area contributed by atoms with Gasteiger partial charge in [-0.3, -0.25) is 0 Å². The van der Waals surface area contributed by atoms with Crippen LogP contribution in [-0.4, -0.2) is 65.3 Å². The maximum absolute atomic E-state index is 14.4. The minimum atomic E-state index is -1.94. The Morgan fingerprint density at radius 3 is 1.08 bits per heavy atom. The average molecular weight is 1070 g/mol. The van der Waals surface area contributed by atoms with Crippen molar-refractivity contribution in [1.82, 2.24) is 0 Å². The first-order chi connectivity index (χ1) is 36.3. The lowest BCUT2D eigenvalue weighted by atomic mass is 10.0. The first kappa shape index (κ1) is 70.3. The summed E-state index contributed by atoms with van der Waals surface area (Å²) in [7, 11) is -1.94. The van der Waals surface area contributed by atoms with E-state index in [0.717, 1.165) is 12.8 Å². The van der Waals surface area contributed by atoms with Crippen molar-refractivity contribution < 1.29 is 37.3 Å². The number of nitrogens with zero attached hydrogens (tertiary/aromatic N) is 2. The fraction of sp³-hybridized carbons (Fsp3) is 0.781. The third-order valence-electron chi connectivity index (χ3n) is 14.8.